The average Bonchev–Trinajstić information content (AvgIpc) is 3.42. The molecule has 1 fully saturated rings. The Kier molecular flexibility index (Phi) is 9.68. The van der Waals surface area contributed by atoms with E-state index < -0.39 is 30.1 Å². The molecule has 1 saturated heterocycles. The molecular formula is C32H31IN2O7. The SMILES string of the molecule is O=C(CCNC(=O)C1=C[C@H]2OC(c3ccccc3)(c3ccccc3)O[C@H]2[C@H](OC(=O)c2ccccc2I)C1)NCCO. The number of hydrogen-bond donors (Lipinski definition) is 3. The van der Waals surface area contributed by atoms with E-state index in [1.54, 1.807) is 18.2 Å². The summed E-state index contributed by atoms with van der Waals surface area (Å²) in [5.41, 5.74) is 2.32. The van der Waals surface area contributed by atoms with Crippen LogP contribution in [0.1, 0.15) is 34.3 Å². The Balaban J connectivity index is 1.44. The Morgan fingerprint density at radius 1 is 0.881 bits per heavy atom. The fraction of sp³-hybridized carbons (Fsp3) is 0.281. The first-order valence-corrected chi connectivity index (χ1v) is 14.8. The van der Waals surface area contributed by atoms with Gasteiger partial charge in [-0.2, -0.15) is 0 Å². The monoisotopic (exact) mass is 682 g/mol. The predicted molar refractivity (Wildman–Crippen MR) is 162 cm³/mol. The van der Waals surface area contributed by atoms with Crippen LogP contribution in [0.15, 0.2) is 96.6 Å². The Hall–Kier alpha value is -3.58. The van der Waals surface area contributed by atoms with Gasteiger partial charge in [0, 0.05) is 46.2 Å². The number of ether oxygens (including phenoxy) is 3. The Bertz CT molecular complexity index is 1410. The second kappa shape index (κ2) is 13.6. The molecule has 218 valence electrons. The summed E-state index contributed by atoms with van der Waals surface area (Å²) in [5.74, 6) is -2.49. The van der Waals surface area contributed by atoms with Gasteiger partial charge in [-0.1, -0.05) is 72.8 Å². The van der Waals surface area contributed by atoms with Gasteiger partial charge in [-0.25, -0.2) is 4.79 Å². The number of esters is 1. The maximum Gasteiger partial charge on any atom is 0.339 e. The van der Waals surface area contributed by atoms with E-state index in [0.717, 1.165) is 14.7 Å². The molecule has 10 heteroatoms. The quantitative estimate of drug-likeness (QED) is 0.221. The summed E-state index contributed by atoms with van der Waals surface area (Å²) in [7, 11) is 0. The fourth-order valence-electron chi connectivity index (χ4n) is 5.11. The first-order valence-electron chi connectivity index (χ1n) is 13.7. The number of benzene rings is 3. The third kappa shape index (κ3) is 6.57. The summed E-state index contributed by atoms with van der Waals surface area (Å²) >= 11 is 2.09. The van der Waals surface area contributed by atoms with Crippen molar-refractivity contribution in [1.82, 2.24) is 10.6 Å². The van der Waals surface area contributed by atoms with Crippen molar-refractivity contribution in [2.45, 2.75) is 36.9 Å². The lowest BCUT2D eigenvalue weighted by Crippen LogP contribution is -2.44. The Morgan fingerprint density at radius 3 is 2.17 bits per heavy atom. The Labute approximate surface area is 257 Å². The molecule has 0 spiro atoms. The van der Waals surface area contributed by atoms with E-state index in [1.165, 1.54) is 0 Å². The van der Waals surface area contributed by atoms with E-state index in [0.29, 0.717) is 11.1 Å². The van der Waals surface area contributed by atoms with E-state index in [4.69, 9.17) is 19.3 Å². The van der Waals surface area contributed by atoms with Crippen LogP contribution in [0.3, 0.4) is 0 Å². The molecular weight excluding hydrogens is 651 g/mol. The molecule has 1 aliphatic carbocycles. The van der Waals surface area contributed by atoms with Crippen LogP contribution in [-0.2, 0) is 29.6 Å². The normalized spacial score (nSPS) is 20.6. The number of fused-ring (bicyclic) bond motifs is 1. The van der Waals surface area contributed by atoms with Gasteiger partial charge >= 0.3 is 5.97 Å². The van der Waals surface area contributed by atoms with Crippen LogP contribution in [0, 0.1) is 3.57 Å². The molecule has 3 N–H and O–H groups in total. The number of amides is 2. The van der Waals surface area contributed by atoms with E-state index in [9.17, 15) is 14.4 Å². The number of carbonyl (C=O) groups is 3. The van der Waals surface area contributed by atoms with E-state index in [-0.39, 0.29) is 44.4 Å². The highest BCUT2D eigenvalue weighted by molar-refractivity contribution is 14.1. The third-order valence-corrected chi connectivity index (χ3v) is 8.04. The van der Waals surface area contributed by atoms with Crippen molar-refractivity contribution in [2.24, 2.45) is 0 Å². The highest BCUT2D eigenvalue weighted by Gasteiger charge is 2.55. The third-order valence-electron chi connectivity index (χ3n) is 7.10. The van der Waals surface area contributed by atoms with Gasteiger partial charge in [-0.3, -0.25) is 9.59 Å². The van der Waals surface area contributed by atoms with E-state index in [1.807, 2.05) is 72.8 Å². The molecule has 42 heavy (non-hydrogen) atoms. The molecule has 9 nitrogen and oxygen atoms in total. The van der Waals surface area contributed by atoms with Crippen LogP contribution >= 0.6 is 22.6 Å². The van der Waals surface area contributed by atoms with Crippen molar-refractivity contribution in [3.8, 4) is 0 Å². The zero-order chi connectivity index (χ0) is 29.5. The second-order valence-corrected chi connectivity index (χ2v) is 11.1. The molecule has 0 aromatic heterocycles. The lowest BCUT2D eigenvalue weighted by Gasteiger charge is -2.31. The number of aliphatic hydroxyl groups excluding tert-OH is 1. The minimum atomic E-state index is -1.29. The lowest BCUT2D eigenvalue weighted by atomic mass is 9.91. The van der Waals surface area contributed by atoms with Crippen molar-refractivity contribution in [3.63, 3.8) is 0 Å². The molecule has 3 atom stereocenters. The summed E-state index contributed by atoms with van der Waals surface area (Å²) < 4.78 is 20.2. The van der Waals surface area contributed by atoms with Crippen molar-refractivity contribution in [2.75, 3.05) is 19.7 Å². The summed E-state index contributed by atoms with van der Waals surface area (Å²) in [6.45, 7) is 0.0883. The zero-order valence-electron chi connectivity index (χ0n) is 22.7. The van der Waals surface area contributed by atoms with Crippen molar-refractivity contribution in [3.05, 3.63) is 117 Å². The van der Waals surface area contributed by atoms with Crippen molar-refractivity contribution in [1.29, 1.82) is 0 Å². The minimum Gasteiger partial charge on any atom is -0.455 e. The molecule has 3 aromatic rings. The van der Waals surface area contributed by atoms with Crippen LogP contribution in [0.5, 0.6) is 0 Å². The molecule has 5 rings (SSSR count). The summed E-state index contributed by atoms with van der Waals surface area (Å²) in [5, 5.41) is 14.2. The smallest absolute Gasteiger partial charge is 0.339 e. The molecule has 1 heterocycles. The second-order valence-electron chi connectivity index (χ2n) is 9.91. The van der Waals surface area contributed by atoms with Gasteiger partial charge in [0.25, 0.3) is 0 Å². The largest absolute Gasteiger partial charge is 0.455 e. The molecule has 0 bridgehead atoms. The van der Waals surface area contributed by atoms with Crippen LogP contribution in [-0.4, -0.2) is 60.9 Å². The lowest BCUT2D eigenvalue weighted by molar-refractivity contribution is -0.157. The predicted octanol–water partition coefficient (Wildman–Crippen LogP) is 3.45. The fourth-order valence-corrected chi connectivity index (χ4v) is 5.71. The molecule has 2 amide bonds. The molecule has 0 radical (unpaired) electrons. The standard InChI is InChI=1S/C32H31IN2O7/c33-25-14-8-7-13-24(25)31(39)40-26-19-21(30(38)35-16-15-28(37)34-17-18-36)20-27-29(26)42-32(41-27,22-9-3-1-4-10-22)23-11-5-2-6-12-23/h1-14,20,26-27,29,36H,15-19H2,(H,34,37)(H,35,38)/t26-,27-,29+/m1/s1. The van der Waals surface area contributed by atoms with E-state index in [2.05, 4.69) is 33.2 Å². The zero-order valence-corrected chi connectivity index (χ0v) is 24.9. The van der Waals surface area contributed by atoms with Gasteiger partial charge in [-0.05, 0) is 40.8 Å². The van der Waals surface area contributed by atoms with Gasteiger partial charge in [0.05, 0.1) is 12.2 Å². The summed E-state index contributed by atoms with van der Waals surface area (Å²) in [4.78, 5) is 38.5. The Morgan fingerprint density at radius 2 is 1.52 bits per heavy atom. The first kappa shape index (κ1) is 29.9. The molecule has 0 unspecified atom stereocenters. The maximum atomic E-state index is 13.3. The van der Waals surface area contributed by atoms with Crippen LogP contribution in [0.25, 0.3) is 0 Å². The number of carbonyl (C=O) groups excluding carboxylic acids is 3. The van der Waals surface area contributed by atoms with Crippen molar-refractivity contribution < 1.29 is 33.7 Å². The highest BCUT2D eigenvalue weighted by Crippen LogP contribution is 2.47. The van der Waals surface area contributed by atoms with Gasteiger partial charge in [0.15, 0.2) is 0 Å². The van der Waals surface area contributed by atoms with Gasteiger partial charge in [0.1, 0.15) is 18.3 Å². The van der Waals surface area contributed by atoms with Gasteiger partial charge in [-0.15, -0.1) is 0 Å². The number of nitrogens with one attached hydrogen (secondary N) is 2. The average molecular weight is 683 g/mol. The number of rotatable bonds is 10. The molecule has 1 aliphatic heterocycles. The number of hydrogen-bond acceptors (Lipinski definition) is 7. The minimum absolute atomic E-state index is 0.0562. The topological polar surface area (TPSA) is 123 Å². The van der Waals surface area contributed by atoms with Crippen LogP contribution < -0.4 is 10.6 Å². The highest BCUT2D eigenvalue weighted by atomic mass is 127. The first-order chi connectivity index (χ1) is 20.4. The molecule has 0 saturated carbocycles. The van der Waals surface area contributed by atoms with Gasteiger partial charge in [0.2, 0.25) is 17.6 Å². The number of aliphatic hydroxyl groups is 1. The molecule has 2 aliphatic rings. The maximum absolute atomic E-state index is 13.3. The van der Waals surface area contributed by atoms with E-state index >= 15 is 0 Å². The number of halogens is 1. The van der Waals surface area contributed by atoms with Crippen LogP contribution in [0.4, 0.5) is 0 Å². The molecule has 3 aromatic carbocycles. The van der Waals surface area contributed by atoms with Crippen molar-refractivity contribution >= 4 is 40.4 Å². The van der Waals surface area contributed by atoms with Crippen LogP contribution in [0.2, 0.25) is 0 Å². The summed E-state index contributed by atoms with van der Waals surface area (Å²) in [6.07, 6.45) is -0.359. The summed E-state index contributed by atoms with van der Waals surface area (Å²) in [6, 6.07) is 26.2. The van der Waals surface area contributed by atoms with Gasteiger partial charge < -0.3 is 30.0 Å².